The highest BCUT2D eigenvalue weighted by atomic mass is 32.2. The second kappa shape index (κ2) is 7.88. The maximum absolute atomic E-state index is 13.8. The molecule has 26 heavy (non-hydrogen) atoms. The number of halogens is 1. The van der Waals surface area contributed by atoms with Crippen LogP contribution in [0.5, 0.6) is 0 Å². The zero-order valence-electron chi connectivity index (χ0n) is 13.6. The van der Waals surface area contributed by atoms with Crippen LogP contribution in [-0.4, -0.2) is 17.6 Å². The molecule has 7 heteroatoms. The number of anilines is 1. The fourth-order valence-corrected chi connectivity index (χ4v) is 3.04. The van der Waals surface area contributed by atoms with Crippen LogP contribution < -0.4 is 11.1 Å². The van der Waals surface area contributed by atoms with Gasteiger partial charge in [-0.25, -0.2) is 4.39 Å². The number of primary amides is 1. The van der Waals surface area contributed by atoms with Crippen LogP contribution in [0.3, 0.4) is 0 Å². The molecule has 0 saturated carbocycles. The van der Waals surface area contributed by atoms with Crippen LogP contribution in [0.15, 0.2) is 70.0 Å². The van der Waals surface area contributed by atoms with Crippen LogP contribution >= 0.6 is 11.8 Å². The van der Waals surface area contributed by atoms with Crippen LogP contribution in [0.2, 0.25) is 0 Å². The summed E-state index contributed by atoms with van der Waals surface area (Å²) in [4.78, 5) is 24.1. The zero-order chi connectivity index (χ0) is 18.5. The third kappa shape index (κ3) is 4.12. The first-order valence-corrected chi connectivity index (χ1v) is 8.69. The quantitative estimate of drug-likeness (QED) is 0.644. The van der Waals surface area contributed by atoms with E-state index in [9.17, 15) is 14.0 Å². The zero-order valence-corrected chi connectivity index (χ0v) is 14.4. The molecule has 0 fully saturated rings. The molecule has 3 aromatic rings. The molecular weight excluding hydrogens is 355 g/mol. The van der Waals surface area contributed by atoms with Crippen molar-refractivity contribution in [1.29, 1.82) is 0 Å². The number of para-hydroxylation sites is 1. The van der Waals surface area contributed by atoms with E-state index in [1.165, 1.54) is 23.9 Å². The Bertz CT molecular complexity index is 955. The van der Waals surface area contributed by atoms with E-state index in [2.05, 4.69) is 5.32 Å². The van der Waals surface area contributed by atoms with E-state index in [-0.39, 0.29) is 22.8 Å². The molecule has 1 aromatic heterocycles. The van der Waals surface area contributed by atoms with Gasteiger partial charge in [-0.05, 0) is 36.4 Å². The van der Waals surface area contributed by atoms with E-state index in [0.717, 1.165) is 0 Å². The second-order valence-corrected chi connectivity index (χ2v) is 6.37. The lowest BCUT2D eigenvalue weighted by molar-refractivity contribution is -0.115. The summed E-state index contributed by atoms with van der Waals surface area (Å²) in [6.07, 6.45) is 0. The summed E-state index contributed by atoms with van der Waals surface area (Å²) >= 11 is 1.23. The Kier molecular flexibility index (Phi) is 5.38. The van der Waals surface area contributed by atoms with Crippen LogP contribution in [0.25, 0.3) is 11.3 Å². The van der Waals surface area contributed by atoms with Crippen molar-refractivity contribution in [2.24, 2.45) is 5.73 Å². The van der Waals surface area contributed by atoms with Gasteiger partial charge in [-0.15, -0.1) is 11.8 Å². The molecule has 0 atom stereocenters. The van der Waals surface area contributed by atoms with Gasteiger partial charge in [0.05, 0.1) is 17.0 Å². The Hall–Kier alpha value is -3.06. The van der Waals surface area contributed by atoms with Gasteiger partial charge < -0.3 is 15.5 Å². The maximum atomic E-state index is 13.8. The van der Waals surface area contributed by atoms with E-state index >= 15 is 0 Å². The van der Waals surface area contributed by atoms with Gasteiger partial charge in [-0.2, -0.15) is 0 Å². The van der Waals surface area contributed by atoms with Crippen molar-refractivity contribution in [3.05, 3.63) is 72.2 Å². The van der Waals surface area contributed by atoms with Crippen LogP contribution in [0, 0.1) is 5.82 Å². The summed E-state index contributed by atoms with van der Waals surface area (Å²) in [5.41, 5.74) is 5.98. The Balaban J connectivity index is 1.78. The molecular formula is C19H15FN2O3S. The summed E-state index contributed by atoms with van der Waals surface area (Å²) in [5.74, 6) is -0.925. The van der Waals surface area contributed by atoms with Crippen molar-refractivity contribution >= 4 is 29.3 Å². The van der Waals surface area contributed by atoms with Crippen molar-refractivity contribution in [1.82, 2.24) is 0 Å². The number of rotatable bonds is 6. The average molecular weight is 370 g/mol. The maximum Gasteiger partial charge on any atom is 0.291 e. The lowest BCUT2D eigenvalue weighted by atomic mass is 10.1. The first kappa shape index (κ1) is 17.8. The highest BCUT2D eigenvalue weighted by Crippen LogP contribution is 2.28. The van der Waals surface area contributed by atoms with E-state index in [1.54, 1.807) is 48.5 Å². The van der Waals surface area contributed by atoms with Gasteiger partial charge in [0, 0.05) is 4.90 Å². The molecule has 1 heterocycles. The molecule has 132 valence electrons. The Morgan fingerprint density at radius 2 is 1.77 bits per heavy atom. The standard InChI is InChI=1S/C19H15FN2O3S/c20-13-6-2-1-5-12(13)15-9-10-16(25-15)19(24)22-14-7-3-4-8-17(14)26-11-18(21)23/h1-10H,11H2,(H2,21,23)(H,22,24). The molecule has 0 spiro atoms. The Morgan fingerprint density at radius 1 is 1.04 bits per heavy atom. The molecule has 0 radical (unpaired) electrons. The Morgan fingerprint density at radius 3 is 2.54 bits per heavy atom. The lowest BCUT2D eigenvalue weighted by Gasteiger charge is -2.09. The number of furan rings is 1. The van der Waals surface area contributed by atoms with Crippen LogP contribution in [0.4, 0.5) is 10.1 Å². The average Bonchev–Trinajstić information content (AvgIpc) is 3.11. The number of carbonyl (C=O) groups excluding carboxylic acids is 2. The largest absolute Gasteiger partial charge is 0.451 e. The minimum Gasteiger partial charge on any atom is -0.451 e. The Labute approximate surface area is 153 Å². The number of thioether (sulfide) groups is 1. The molecule has 0 aliphatic carbocycles. The summed E-state index contributed by atoms with van der Waals surface area (Å²) in [7, 11) is 0. The molecule has 3 rings (SSSR count). The van der Waals surface area contributed by atoms with Gasteiger partial charge in [-0.1, -0.05) is 24.3 Å². The number of nitrogens with two attached hydrogens (primary N) is 1. The summed E-state index contributed by atoms with van der Waals surface area (Å²) in [5, 5.41) is 2.73. The molecule has 0 aliphatic rings. The molecule has 0 bridgehead atoms. The van der Waals surface area contributed by atoms with Gasteiger partial charge in [0.1, 0.15) is 11.6 Å². The van der Waals surface area contributed by atoms with Gasteiger partial charge in [0.15, 0.2) is 5.76 Å². The van der Waals surface area contributed by atoms with Gasteiger partial charge >= 0.3 is 0 Å². The number of benzene rings is 2. The summed E-state index contributed by atoms with van der Waals surface area (Å²) < 4.78 is 19.3. The molecule has 3 N–H and O–H groups in total. The SMILES string of the molecule is NC(=O)CSc1ccccc1NC(=O)c1ccc(-c2ccccc2F)o1. The first-order chi connectivity index (χ1) is 12.5. The van der Waals surface area contributed by atoms with Crippen molar-refractivity contribution < 1.29 is 18.4 Å². The predicted octanol–water partition coefficient (Wildman–Crippen LogP) is 3.92. The topological polar surface area (TPSA) is 85.3 Å². The molecule has 0 saturated heterocycles. The first-order valence-electron chi connectivity index (χ1n) is 7.71. The molecule has 0 unspecified atom stereocenters. The van der Waals surface area contributed by atoms with E-state index in [1.807, 2.05) is 0 Å². The highest BCUT2D eigenvalue weighted by molar-refractivity contribution is 8.00. The van der Waals surface area contributed by atoms with Crippen molar-refractivity contribution in [2.75, 3.05) is 11.1 Å². The minimum absolute atomic E-state index is 0.0537. The number of nitrogens with one attached hydrogen (secondary N) is 1. The van der Waals surface area contributed by atoms with Crippen molar-refractivity contribution in [3.8, 4) is 11.3 Å². The fraction of sp³-hybridized carbons (Fsp3) is 0.0526. The van der Waals surface area contributed by atoms with E-state index in [4.69, 9.17) is 10.2 Å². The summed E-state index contributed by atoms with van der Waals surface area (Å²) in [6.45, 7) is 0. The normalized spacial score (nSPS) is 10.5. The van der Waals surface area contributed by atoms with Crippen molar-refractivity contribution in [2.45, 2.75) is 4.90 Å². The smallest absolute Gasteiger partial charge is 0.291 e. The van der Waals surface area contributed by atoms with Crippen molar-refractivity contribution in [3.63, 3.8) is 0 Å². The number of hydrogen-bond donors (Lipinski definition) is 2. The third-order valence-electron chi connectivity index (χ3n) is 3.47. The number of hydrogen-bond acceptors (Lipinski definition) is 4. The van der Waals surface area contributed by atoms with Gasteiger partial charge in [0.2, 0.25) is 5.91 Å². The number of amides is 2. The molecule has 2 aromatic carbocycles. The van der Waals surface area contributed by atoms with E-state index in [0.29, 0.717) is 10.6 Å². The van der Waals surface area contributed by atoms with Gasteiger partial charge in [0.25, 0.3) is 5.91 Å². The predicted molar refractivity (Wildman–Crippen MR) is 98.4 cm³/mol. The third-order valence-corrected chi connectivity index (χ3v) is 4.57. The lowest BCUT2D eigenvalue weighted by Crippen LogP contribution is -2.14. The van der Waals surface area contributed by atoms with Gasteiger partial charge in [-0.3, -0.25) is 9.59 Å². The summed E-state index contributed by atoms with van der Waals surface area (Å²) in [6, 6.07) is 16.2. The van der Waals surface area contributed by atoms with Crippen LogP contribution in [-0.2, 0) is 4.79 Å². The monoisotopic (exact) mass is 370 g/mol. The molecule has 2 amide bonds. The molecule has 5 nitrogen and oxygen atoms in total. The minimum atomic E-state index is -0.472. The fourth-order valence-electron chi connectivity index (χ4n) is 2.29. The number of carbonyl (C=O) groups is 2. The molecule has 0 aliphatic heterocycles. The second-order valence-electron chi connectivity index (χ2n) is 5.35. The highest BCUT2D eigenvalue weighted by Gasteiger charge is 2.16. The van der Waals surface area contributed by atoms with E-state index < -0.39 is 17.6 Å². The van der Waals surface area contributed by atoms with Crippen LogP contribution in [0.1, 0.15) is 10.6 Å².